The molecule has 0 aromatic rings. The van der Waals surface area contributed by atoms with Crippen molar-refractivity contribution in [3.8, 4) is 0 Å². The molecular formula is C20H39NO4S. The van der Waals surface area contributed by atoms with Crippen LogP contribution in [0.2, 0.25) is 0 Å². The van der Waals surface area contributed by atoms with Gasteiger partial charge in [-0.05, 0) is 32.1 Å². The van der Waals surface area contributed by atoms with Crippen LogP contribution in [0.5, 0.6) is 0 Å². The van der Waals surface area contributed by atoms with Gasteiger partial charge in [0.2, 0.25) is 0 Å². The molecule has 0 aromatic heterocycles. The van der Waals surface area contributed by atoms with Gasteiger partial charge in [-0.15, -0.1) is 0 Å². The second-order valence-corrected chi connectivity index (χ2v) is 8.53. The fourth-order valence-corrected chi connectivity index (χ4v) is 3.45. The Morgan fingerprint density at radius 3 is 1.88 bits per heavy atom. The third-order valence-corrected chi connectivity index (χ3v) is 5.41. The van der Waals surface area contributed by atoms with Crippen LogP contribution < -0.4 is 5.73 Å². The van der Waals surface area contributed by atoms with Crippen LogP contribution in [0.3, 0.4) is 0 Å². The highest BCUT2D eigenvalue weighted by molar-refractivity contribution is 7.87. The monoisotopic (exact) mass is 389 g/mol. The molecule has 0 bridgehead atoms. The van der Waals surface area contributed by atoms with E-state index in [4.69, 9.17) is 5.73 Å². The highest BCUT2D eigenvalue weighted by Crippen LogP contribution is 2.10. The maximum absolute atomic E-state index is 11.4. The van der Waals surface area contributed by atoms with Gasteiger partial charge in [-0.3, -0.25) is 4.79 Å². The van der Waals surface area contributed by atoms with Crippen molar-refractivity contribution in [2.45, 2.75) is 96.8 Å². The number of unbranched alkanes of at least 4 members (excludes halogenated alkanes) is 11. The summed E-state index contributed by atoms with van der Waals surface area (Å²) in [7, 11) is -3.78. The van der Waals surface area contributed by atoms with Crippen LogP contribution >= 0.6 is 0 Å². The average molecular weight is 390 g/mol. The van der Waals surface area contributed by atoms with Gasteiger partial charge in [0.05, 0.1) is 5.75 Å². The molecule has 26 heavy (non-hydrogen) atoms. The highest BCUT2D eigenvalue weighted by atomic mass is 32.2. The largest absolute Gasteiger partial charge is 0.346 e. The maximum atomic E-state index is 11.4. The van der Waals surface area contributed by atoms with Gasteiger partial charge in [-0.2, -0.15) is 8.42 Å². The summed E-state index contributed by atoms with van der Waals surface area (Å²) in [6.07, 6.45) is 20.1. The Morgan fingerprint density at radius 2 is 1.35 bits per heavy atom. The minimum absolute atomic E-state index is 0.0387. The molecule has 0 unspecified atom stereocenters. The lowest BCUT2D eigenvalue weighted by molar-refractivity contribution is -0.133. The lowest BCUT2D eigenvalue weighted by atomic mass is 10.1. The van der Waals surface area contributed by atoms with Crippen molar-refractivity contribution in [1.82, 2.24) is 0 Å². The minimum atomic E-state index is -3.78. The Balaban J connectivity index is 3.38. The molecule has 2 N–H and O–H groups in total. The summed E-state index contributed by atoms with van der Waals surface area (Å²) in [6.45, 7) is 2.21. The van der Waals surface area contributed by atoms with E-state index in [1.807, 2.05) is 0 Å². The highest BCUT2D eigenvalue weighted by Gasteiger charge is 2.15. The predicted octanol–water partition coefficient (Wildman–Crippen LogP) is 4.86. The lowest BCUT2D eigenvalue weighted by Gasteiger charge is -2.04. The summed E-state index contributed by atoms with van der Waals surface area (Å²) in [5.41, 5.74) is 5.15. The van der Waals surface area contributed by atoms with Crippen molar-refractivity contribution in [3.05, 3.63) is 12.2 Å². The van der Waals surface area contributed by atoms with E-state index in [-0.39, 0.29) is 18.7 Å². The Morgan fingerprint density at radius 1 is 0.846 bits per heavy atom. The second-order valence-electron chi connectivity index (χ2n) is 6.84. The van der Waals surface area contributed by atoms with Gasteiger partial charge in [0.15, 0.2) is 0 Å². The van der Waals surface area contributed by atoms with Crippen LogP contribution in [-0.4, -0.2) is 26.7 Å². The molecule has 0 aromatic carbocycles. The molecule has 0 rings (SSSR count). The van der Waals surface area contributed by atoms with E-state index in [1.165, 1.54) is 51.4 Å². The van der Waals surface area contributed by atoms with Gasteiger partial charge in [0.1, 0.15) is 0 Å². The van der Waals surface area contributed by atoms with Gasteiger partial charge in [-0.1, -0.05) is 70.4 Å². The summed E-state index contributed by atoms with van der Waals surface area (Å²) < 4.78 is 27.0. The summed E-state index contributed by atoms with van der Waals surface area (Å²) in [6, 6.07) is 0. The van der Waals surface area contributed by atoms with Crippen LogP contribution in [-0.2, 0) is 19.1 Å². The first kappa shape index (κ1) is 25.1. The summed E-state index contributed by atoms with van der Waals surface area (Å²) in [5, 5.41) is 0. The van der Waals surface area contributed by atoms with Crippen LogP contribution in [0.4, 0.5) is 0 Å². The standard InChI is InChI=1S/C20H39NO4S/c1-2-3-4-5-6-7-8-9-10-11-12-13-14-15-16-17-20(22)25-26(23,24)19-18-21/h9-10H,2-8,11-19,21H2,1H3. The zero-order valence-electron chi connectivity index (χ0n) is 16.6. The van der Waals surface area contributed by atoms with Crippen molar-refractivity contribution in [3.63, 3.8) is 0 Å². The molecule has 0 radical (unpaired) electrons. The molecule has 154 valence electrons. The minimum Gasteiger partial charge on any atom is -0.346 e. The van der Waals surface area contributed by atoms with Gasteiger partial charge in [0.25, 0.3) is 0 Å². The van der Waals surface area contributed by atoms with Crippen LogP contribution in [0.25, 0.3) is 0 Å². The number of allylic oxidation sites excluding steroid dienone is 2. The van der Waals surface area contributed by atoms with E-state index in [9.17, 15) is 13.2 Å². The average Bonchev–Trinajstić information content (AvgIpc) is 2.57. The SMILES string of the molecule is CCCCCCCCC=CCCCCCCCC(=O)OS(=O)(=O)CCN. The third kappa shape index (κ3) is 17.9. The third-order valence-electron chi connectivity index (χ3n) is 4.23. The first-order valence-electron chi connectivity index (χ1n) is 10.3. The van der Waals surface area contributed by atoms with Crippen molar-refractivity contribution in [1.29, 1.82) is 0 Å². The lowest BCUT2D eigenvalue weighted by Crippen LogP contribution is -2.21. The maximum Gasteiger partial charge on any atom is 0.322 e. The van der Waals surface area contributed by atoms with E-state index in [0.717, 1.165) is 25.7 Å². The van der Waals surface area contributed by atoms with Gasteiger partial charge in [-0.25, -0.2) is 0 Å². The van der Waals surface area contributed by atoms with Crippen LogP contribution in [0.1, 0.15) is 96.8 Å². The van der Waals surface area contributed by atoms with Gasteiger partial charge >= 0.3 is 16.1 Å². The second kappa shape index (κ2) is 17.5. The Bertz CT molecular complexity index is 460. The fraction of sp³-hybridized carbons (Fsp3) is 0.850. The number of hydrogen-bond donors (Lipinski definition) is 1. The van der Waals surface area contributed by atoms with E-state index < -0.39 is 16.1 Å². The summed E-state index contributed by atoms with van der Waals surface area (Å²) >= 11 is 0. The normalized spacial score (nSPS) is 11.9. The molecule has 0 saturated carbocycles. The molecule has 0 aliphatic carbocycles. The molecule has 0 fully saturated rings. The van der Waals surface area contributed by atoms with E-state index in [0.29, 0.717) is 6.42 Å². The van der Waals surface area contributed by atoms with Crippen LogP contribution in [0, 0.1) is 0 Å². The molecule has 0 atom stereocenters. The molecule has 0 spiro atoms. The zero-order valence-corrected chi connectivity index (χ0v) is 17.4. The number of carbonyl (C=O) groups is 1. The molecular weight excluding hydrogens is 350 g/mol. The van der Waals surface area contributed by atoms with Crippen molar-refractivity contribution >= 4 is 16.1 Å². The molecule has 0 heterocycles. The van der Waals surface area contributed by atoms with Crippen LogP contribution in [0.15, 0.2) is 12.2 Å². The summed E-state index contributed by atoms with van der Waals surface area (Å²) in [5.74, 6) is -0.985. The Hall–Kier alpha value is -0.880. The summed E-state index contributed by atoms with van der Waals surface area (Å²) in [4.78, 5) is 11.4. The molecule has 0 amide bonds. The first-order chi connectivity index (χ1) is 12.5. The molecule has 0 aliphatic rings. The zero-order chi connectivity index (χ0) is 19.5. The van der Waals surface area contributed by atoms with Crippen molar-refractivity contribution < 1.29 is 17.4 Å². The number of nitrogens with two attached hydrogens (primary N) is 1. The van der Waals surface area contributed by atoms with E-state index >= 15 is 0 Å². The quantitative estimate of drug-likeness (QED) is 0.206. The number of hydrogen-bond acceptors (Lipinski definition) is 5. The molecule has 5 nitrogen and oxygen atoms in total. The van der Waals surface area contributed by atoms with Crippen molar-refractivity contribution in [2.24, 2.45) is 5.73 Å². The van der Waals surface area contributed by atoms with E-state index in [1.54, 1.807) is 0 Å². The molecule has 0 aliphatic heterocycles. The van der Waals surface area contributed by atoms with Crippen molar-refractivity contribution in [2.75, 3.05) is 12.3 Å². The predicted molar refractivity (Wildman–Crippen MR) is 108 cm³/mol. The molecule has 6 heteroatoms. The van der Waals surface area contributed by atoms with Gasteiger partial charge < -0.3 is 9.92 Å². The number of carbonyl (C=O) groups excluding carboxylic acids is 1. The molecule has 0 saturated heterocycles. The smallest absolute Gasteiger partial charge is 0.322 e. The van der Waals surface area contributed by atoms with E-state index in [2.05, 4.69) is 23.3 Å². The number of rotatable bonds is 18. The Kier molecular flexibility index (Phi) is 16.9. The van der Waals surface area contributed by atoms with Gasteiger partial charge in [0, 0.05) is 13.0 Å². The topological polar surface area (TPSA) is 86.5 Å². The Labute approximate surface area is 160 Å². The first-order valence-corrected chi connectivity index (χ1v) is 11.9. The fourth-order valence-electron chi connectivity index (χ4n) is 2.71.